The molecule has 9 nitrogen and oxygen atoms in total. The van der Waals surface area contributed by atoms with E-state index < -0.39 is 27.4 Å². The molecule has 0 unspecified atom stereocenters. The van der Waals surface area contributed by atoms with Crippen LogP contribution in [-0.4, -0.2) is 45.0 Å². The van der Waals surface area contributed by atoms with Crippen LogP contribution in [0.2, 0.25) is 0 Å². The number of pyridine rings is 1. The Hall–Kier alpha value is -4.22. The molecule has 0 aliphatic heterocycles. The summed E-state index contributed by atoms with van der Waals surface area (Å²) in [6, 6.07) is 15.8. The number of sulfonamides is 1. The summed E-state index contributed by atoms with van der Waals surface area (Å²) in [6.45, 7) is -0.531. The van der Waals surface area contributed by atoms with Gasteiger partial charge in [0.1, 0.15) is 5.82 Å². The summed E-state index contributed by atoms with van der Waals surface area (Å²) >= 11 is 0. The van der Waals surface area contributed by atoms with Crippen LogP contribution < -0.4 is 15.0 Å². The largest absolute Gasteiger partial charge is 0.493 e. The maximum absolute atomic E-state index is 13.9. The van der Waals surface area contributed by atoms with Gasteiger partial charge in [0.05, 0.1) is 37.3 Å². The van der Waals surface area contributed by atoms with Gasteiger partial charge in [-0.3, -0.25) is 4.79 Å². The Kier molecular flexibility index (Phi) is 7.79. The fourth-order valence-corrected chi connectivity index (χ4v) is 5.60. The molecule has 198 valence electrons. The monoisotopic (exact) mass is 540 g/mol. The van der Waals surface area contributed by atoms with E-state index >= 15 is 0 Å². The summed E-state index contributed by atoms with van der Waals surface area (Å²) in [5.74, 6) is -0.450. The lowest BCUT2D eigenvalue weighted by Crippen LogP contribution is -2.33. The molecule has 0 radical (unpaired) electrons. The van der Waals surface area contributed by atoms with Gasteiger partial charge in [0.15, 0.2) is 11.5 Å². The lowest BCUT2D eigenvalue weighted by Gasteiger charge is -2.23. The Morgan fingerprint density at radius 1 is 0.921 bits per heavy atom. The summed E-state index contributed by atoms with van der Waals surface area (Å²) in [4.78, 5) is 27.9. The zero-order valence-electron chi connectivity index (χ0n) is 20.9. The number of carbonyl (C=O) groups is 1. The fourth-order valence-electron chi connectivity index (χ4n) is 4.01. The summed E-state index contributed by atoms with van der Waals surface area (Å²) in [5, 5.41) is 0.589. The number of ether oxygens (including phenoxy) is 3. The van der Waals surface area contributed by atoms with Gasteiger partial charge in [0.2, 0.25) is 10.0 Å². The molecule has 4 rings (SSSR count). The van der Waals surface area contributed by atoms with Crippen molar-refractivity contribution in [1.82, 2.24) is 9.29 Å². The highest BCUT2D eigenvalue weighted by molar-refractivity contribution is 7.89. The van der Waals surface area contributed by atoms with Gasteiger partial charge in [0.25, 0.3) is 5.56 Å². The quantitative estimate of drug-likeness (QED) is 0.321. The van der Waals surface area contributed by atoms with E-state index in [0.717, 1.165) is 11.4 Å². The number of halogens is 1. The van der Waals surface area contributed by atoms with Crippen LogP contribution in [0.4, 0.5) is 4.39 Å². The fraction of sp³-hybridized carbons (Fsp3) is 0.185. The van der Waals surface area contributed by atoms with Gasteiger partial charge < -0.3 is 19.2 Å². The SMILES string of the molecule is COC(=O)c1ccccc1S(=O)(=O)N(Cc1ccc(F)cc1)Cc1cc2cc(OC)c(OC)cc2[nH]c1=O. The zero-order valence-corrected chi connectivity index (χ0v) is 21.7. The molecule has 4 aromatic rings. The van der Waals surface area contributed by atoms with Crippen LogP contribution in [0.15, 0.2) is 76.4 Å². The highest BCUT2D eigenvalue weighted by atomic mass is 32.2. The first-order chi connectivity index (χ1) is 18.2. The Balaban J connectivity index is 1.83. The van der Waals surface area contributed by atoms with Crippen LogP contribution in [0.3, 0.4) is 0 Å². The number of carbonyl (C=O) groups excluding carboxylic acids is 1. The van der Waals surface area contributed by atoms with E-state index in [1.807, 2.05) is 0 Å². The van der Waals surface area contributed by atoms with Crippen LogP contribution >= 0.6 is 0 Å². The van der Waals surface area contributed by atoms with E-state index in [1.54, 1.807) is 18.2 Å². The lowest BCUT2D eigenvalue weighted by molar-refractivity contribution is 0.0596. The average molecular weight is 541 g/mol. The summed E-state index contributed by atoms with van der Waals surface area (Å²) in [6.07, 6.45) is 0. The number of hydrogen-bond acceptors (Lipinski definition) is 7. The van der Waals surface area contributed by atoms with Crippen LogP contribution in [0.25, 0.3) is 10.9 Å². The molecular weight excluding hydrogens is 515 g/mol. The van der Waals surface area contributed by atoms with Crippen molar-refractivity contribution in [3.8, 4) is 11.5 Å². The number of hydrogen-bond donors (Lipinski definition) is 1. The zero-order chi connectivity index (χ0) is 27.4. The second-order valence-corrected chi connectivity index (χ2v) is 10.2. The number of H-pyrrole nitrogens is 1. The number of methoxy groups -OCH3 is 3. The molecule has 0 aliphatic rings. The first-order valence-electron chi connectivity index (χ1n) is 11.4. The predicted molar refractivity (Wildman–Crippen MR) is 138 cm³/mol. The van der Waals surface area contributed by atoms with Crippen molar-refractivity contribution >= 4 is 26.9 Å². The number of nitrogens with one attached hydrogen (secondary N) is 1. The van der Waals surface area contributed by atoms with E-state index in [2.05, 4.69) is 4.98 Å². The van der Waals surface area contributed by atoms with E-state index in [-0.39, 0.29) is 29.1 Å². The number of esters is 1. The van der Waals surface area contributed by atoms with E-state index in [9.17, 15) is 22.4 Å². The molecule has 1 N–H and O–H groups in total. The van der Waals surface area contributed by atoms with Crippen molar-refractivity contribution in [1.29, 1.82) is 0 Å². The molecular formula is C27H25FN2O7S. The molecule has 0 spiro atoms. The van der Waals surface area contributed by atoms with Crippen LogP contribution in [0.5, 0.6) is 11.5 Å². The van der Waals surface area contributed by atoms with Gasteiger partial charge in [-0.25, -0.2) is 17.6 Å². The molecule has 0 aliphatic carbocycles. The maximum Gasteiger partial charge on any atom is 0.339 e. The average Bonchev–Trinajstić information content (AvgIpc) is 2.92. The summed E-state index contributed by atoms with van der Waals surface area (Å²) in [5.41, 5.74) is 0.439. The van der Waals surface area contributed by atoms with E-state index in [0.29, 0.717) is 28.0 Å². The highest BCUT2D eigenvalue weighted by Crippen LogP contribution is 2.31. The molecule has 38 heavy (non-hydrogen) atoms. The summed E-state index contributed by atoms with van der Waals surface area (Å²) in [7, 11) is -0.242. The molecule has 1 heterocycles. The second-order valence-electron chi connectivity index (χ2n) is 8.31. The number of nitrogens with zero attached hydrogens (tertiary/aromatic N) is 1. The first kappa shape index (κ1) is 26.8. The molecule has 11 heteroatoms. The van der Waals surface area contributed by atoms with E-state index in [1.165, 1.54) is 62.8 Å². The molecule has 0 amide bonds. The second kappa shape index (κ2) is 11.0. The standard InChI is InChI=1S/C27H25FN2O7S/c1-35-23-13-18-12-19(26(31)29-22(18)14-24(23)36-2)16-30(15-17-8-10-20(28)11-9-17)38(33,34)25-7-5-4-6-21(25)27(32)37-3/h4-14H,15-16H2,1-3H3,(H,29,31). The third-order valence-electron chi connectivity index (χ3n) is 5.95. The highest BCUT2D eigenvalue weighted by Gasteiger charge is 2.30. The van der Waals surface area contributed by atoms with Crippen molar-refractivity contribution in [2.45, 2.75) is 18.0 Å². The Morgan fingerprint density at radius 3 is 2.24 bits per heavy atom. The maximum atomic E-state index is 13.9. The minimum atomic E-state index is -4.35. The van der Waals surface area contributed by atoms with Gasteiger partial charge in [-0.15, -0.1) is 0 Å². The molecule has 0 atom stereocenters. The molecule has 0 saturated heterocycles. The molecule has 0 bridgehead atoms. The van der Waals surface area contributed by atoms with E-state index in [4.69, 9.17) is 14.2 Å². The van der Waals surface area contributed by atoms with Gasteiger partial charge in [-0.2, -0.15) is 4.31 Å². The minimum absolute atomic E-state index is 0.144. The Labute approximate surface area is 218 Å². The Morgan fingerprint density at radius 2 is 1.58 bits per heavy atom. The first-order valence-corrected chi connectivity index (χ1v) is 12.8. The van der Waals surface area contributed by atoms with Crippen LogP contribution in [0, 0.1) is 5.82 Å². The minimum Gasteiger partial charge on any atom is -0.493 e. The van der Waals surface area contributed by atoms with Gasteiger partial charge in [-0.1, -0.05) is 24.3 Å². The van der Waals surface area contributed by atoms with Gasteiger partial charge >= 0.3 is 5.97 Å². The molecule has 0 fully saturated rings. The molecule has 1 aromatic heterocycles. The number of rotatable bonds is 9. The van der Waals surface area contributed by atoms with Crippen LogP contribution in [-0.2, 0) is 27.8 Å². The Bertz CT molecular complexity index is 1650. The third-order valence-corrected chi connectivity index (χ3v) is 7.80. The summed E-state index contributed by atoms with van der Waals surface area (Å²) < 4.78 is 57.8. The number of aromatic nitrogens is 1. The smallest absolute Gasteiger partial charge is 0.339 e. The van der Waals surface area contributed by atoms with Crippen molar-refractivity contribution in [3.05, 3.63) is 99.6 Å². The van der Waals surface area contributed by atoms with Crippen molar-refractivity contribution in [2.24, 2.45) is 0 Å². The topological polar surface area (TPSA) is 115 Å². The van der Waals surface area contributed by atoms with Gasteiger partial charge in [0, 0.05) is 30.1 Å². The predicted octanol–water partition coefficient (Wildman–Crippen LogP) is 3.86. The molecule has 0 saturated carbocycles. The van der Waals surface area contributed by atoms with Crippen molar-refractivity contribution in [2.75, 3.05) is 21.3 Å². The number of fused-ring (bicyclic) bond motifs is 1. The van der Waals surface area contributed by atoms with Crippen molar-refractivity contribution < 1.29 is 31.8 Å². The number of aromatic amines is 1. The third kappa shape index (κ3) is 5.38. The normalized spacial score (nSPS) is 11.5. The van der Waals surface area contributed by atoms with Gasteiger partial charge in [-0.05, 0) is 42.0 Å². The molecule has 3 aromatic carbocycles. The van der Waals surface area contributed by atoms with Crippen LogP contribution in [0.1, 0.15) is 21.5 Å². The number of benzene rings is 3. The van der Waals surface area contributed by atoms with Crippen molar-refractivity contribution in [3.63, 3.8) is 0 Å². The lowest BCUT2D eigenvalue weighted by atomic mass is 10.1.